The monoisotopic (exact) mass is 374 g/mol. The van der Waals surface area contributed by atoms with E-state index in [4.69, 9.17) is 5.73 Å². The Kier molecular flexibility index (Phi) is 3.84. The van der Waals surface area contributed by atoms with Gasteiger partial charge in [0.1, 0.15) is 18.2 Å². The predicted molar refractivity (Wildman–Crippen MR) is 97.4 cm³/mol. The minimum Gasteiger partial charge on any atom is -0.348 e. The molecule has 3 aromatic rings. The molecule has 0 bridgehead atoms. The fraction of sp³-hybridized carbons (Fsp3) is 0.222. The highest BCUT2D eigenvalue weighted by Crippen LogP contribution is 2.29. The SMILES string of the molecule is Cc1ccc2ccc(C3(N)NC(=NCC(F)(F)F)c4cc[nH]c4N3)cc2n1. The zero-order valence-corrected chi connectivity index (χ0v) is 14.4. The molecular formula is C18H17F3N6. The molecule has 1 atom stereocenters. The molecule has 5 N–H and O–H groups in total. The Balaban J connectivity index is 1.76. The molecule has 0 radical (unpaired) electrons. The number of amidine groups is 1. The number of fused-ring (bicyclic) bond motifs is 2. The summed E-state index contributed by atoms with van der Waals surface area (Å²) < 4.78 is 37.9. The Morgan fingerprint density at radius 1 is 1.15 bits per heavy atom. The molecule has 0 amide bonds. The Hall–Kier alpha value is -3.07. The Morgan fingerprint density at radius 2 is 1.93 bits per heavy atom. The van der Waals surface area contributed by atoms with Crippen molar-refractivity contribution in [2.75, 3.05) is 11.9 Å². The summed E-state index contributed by atoms with van der Waals surface area (Å²) in [7, 11) is 0. The average Bonchev–Trinajstić information content (AvgIpc) is 3.06. The first kappa shape index (κ1) is 17.3. The van der Waals surface area contributed by atoms with Crippen molar-refractivity contribution >= 4 is 22.6 Å². The molecule has 3 heterocycles. The summed E-state index contributed by atoms with van der Waals surface area (Å²) in [6, 6.07) is 11.0. The molecule has 27 heavy (non-hydrogen) atoms. The van der Waals surface area contributed by atoms with E-state index in [0.717, 1.165) is 16.6 Å². The number of anilines is 1. The zero-order valence-electron chi connectivity index (χ0n) is 14.4. The maximum atomic E-state index is 12.6. The van der Waals surface area contributed by atoms with Crippen molar-refractivity contribution < 1.29 is 13.2 Å². The van der Waals surface area contributed by atoms with Crippen LogP contribution in [0.5, 0.6) is 0 Å². The molecule has 140 valence electrons. The minimum atomic E-state index is -4.41. The van der Waals surface area contributed by atoms with Crippen molar-refractivity contribution in [3.8, 4) is 0 Å². The molecule has 0 saturated heterocycles. The number of hydrogen-bond acceptors (Lipinski definition) is 4. The number of pyridine rings is 1. The zero-order chi connectivity index (χ0) is 19.2. The van der Waals surface area contributed by atoms with Gasteiger partial charge in [0.15, 0.2) is 5.79 Å². The molecule has 6 nitrogen and oxygen atoms in total. The van der Waals surface area contributed by atoms with Crippen LogP contribution in [0.25, 0.3) is 10.9 Å². The topological polar surface area (TPSA) is 91.1 Å². The highest BCUT2D eigenvalue weighted by molar-refractivity contribution is 6.05. The number of nitrogens with one attached hydrogen (secondary N) is 3. The van der Waals surface area contributed by atoms with Crippen LogP contribution in [0, 0.1) is 6.92 Å². The maximum absolute atomic E-state index is 12.6. The third kappa shape index (κ3) is 3.33. The van der Waals surface area contributed by atoms with Crippen LogP contribution >= 0.6 is 0 Å². The second kappa shape index (κ2) is 5.98. The van der Waals surface area contributed by atoms with Gasteiger partial charge in [-0.15, -0.1) is 0 Å². The van der Waals surface area contributed by atoms with Gasteiger partial charge in [0, 0.05) is 22.8 Å². The van der Waals surface area contributed by atoms with Gasteiger partial charge >= 0.3 is 6.18 Å². The smallest absolute Gasteiger partial charge is 0.348 e. The van der Waals surface area contributed by atoms with Gasteiger partial charge in [0.2, 0.25) is 0 Å². The van der Waals surface area contributed by atoms with Crippen molar-refractivity contribution in [1.29, 1.82) is 0 Å². The van der Waals surface area contributed by atoms with Crippen LogP contribution in [-0.2, 0) is 5.79 Å². The van der Waals surface area contributed by atoms with Crippen molar-refractivity contribution in [1.82, 2.24) is 15.3 Å². The van der Waals surface area contributed by atoms with E-state index < -0.39 is 18.5 Å². The first-order chi connectivity index (χ1) is 12.7. The standard InChI is InChI=1S/C18H17F3N6/c1-10-2-3-11-4-5-12(8-14(11)25-10)18(22)26-15-13(6-7-23-15)16(27-18)24-9-17(19,20)21/h2-8,23,26H,9,22H2,1H3,(H,24,27). The third-order valence-corrected chi connectivity index (χ3v) is 4.34. The number of hydrogen-bond donors (Lipinski definition) is 4. The molecule has 1 unspecified atom stereocenters. The number of nitrogens with two attached hydrogens (primary N) is 1. The maximum Gasteiger partial charge on any atom is 0.408 e. The lowest BCUT2D eigenvalue weighted by molar-refractivity contribution is -0.118. The molecular weight excluding hydrogens is 357 g/mol. The molecule has 2 aromatic heterocycles. The van der Waals surface area contributed by atoms with Crippen LogP contribution in [-0.4, -0.2) is 28.5 Å². The van der Waals surface area contributed by atoms with E-state index in [1.807, 2.05) is 25.1 Å². The van der Waals surface area contributed by atoms with Crippen molar-refractivity contribution in [2.24, 2.45) is 10.7 Å². The number of rotatable bonds is 2. The lowest BCUT2D eigenvalue weighted by atomic mass is 10.0. The van der Waals surface area contributed by atoms with Crippen LogP contribution in [0.3, 0.4) is 0 Å². The number of nitrogens with zero attached hydrogens (tertiary/aromatic N) is 2. The lowest BCUT2D eigenvalue weighted by Crippen LogP contribution is -2.61. The summed E-state index contributed by atoms with van der Waals surface area (Å²) in [5.74, 6) is -0.779. The number of aliphatic imine (C=N–C) groups is 1. The summed E-state index contributed by atoms with van der Waals surface area (Å²) in [4.78, 5) is 11.1. The summed E-state index contributed by atoms with van der Waals surface area (Å²) in [5.41, 5.74) is 9.19. The van der Waals surface area contributed by atoms with E-state index >= 15 is 0 Å². The summed E-state index contributed by atoms with van der Waals surface area (Å²) in [6.07, 6.45) is -2.79. The number of alkyl halides is 3. The van der Waals surface area contributed by atoms with Crippen molar-refractivity contribution in [2.45, 2.75) is 18.9 Å². The van der Waals surface area contributed by atoms with Gasteiger partial charge in [0.05, 0.1) is 11.1 Å². The Labute approximate surface area is 152 Å². The summed E-state index contributed by atoms with van der Waals surface area (Å²) in [6.45, 7) is 0.586. The van der Waals surface area contributed by atoms with Gasteiger partial charge in [-0.2, -0.15) is 13.2 Å². The van der Waals surface area contributed by atoms with E-state index in [1.165, 1.54) is 0 Å². The molecule has 0 fully saturated rings. The van der Waals surface area contributed by atoms with E-state index in [2.05, 4.69) is 25.6 Å². The molecule has 0 spiro atoms. The largest absolute Gasteiger partial charge is 0.408 e. The Morgan fingerprint density at radius 3 is 2.70 bits per heavy atom. The third-order valence-electron chi connectivity index (χ3n) is 4.34. The van der Waals surface area contributed by atoms with Gasteiger partial charge in [-0.25, -0.2) is 0 Å². The number of benzene rings is 1. The van der Waals surface area contributed by atoms with Crippen LogP contribution < -0.4 is 16.4 Å². The molecule has 1 aromatic carbocycles. The lowest BCUT2D eigenvalue weighted by Gasteiger charge is -2.38. The molecule has 1 aliphatic rings. The van der Waals surface area contributed by atoms with Crippen molar-refractivity contribution in [3.05, 3.63) is 59.4 Å². The van der Waals surface area contributed by atoms with Gasteiger partial charge in [-0.3, -0.25) is 15.7 Å². The van der Waals surface area contributed by atoms with Gasteiger partial charge in [0.25, 0.3) is 0 Å². The predicted octanol–water partition coefficient (Wildman–Crippen LogP) is 2.96. The number of aromatic nitrogens is 2. The fourth-order valence-corrected chi connectivity index (χ4v) is 3.05. The van der Waals surface area contributed by atoms with Crippen LogP contribution in [0.1, 0.15) is 16.8 Å². The van der Waals surface area contributed by atoms with Crippen LogP contribution in [0.15, 0.2) is 47.6 Å². The van der Waals surface area contributed by atoms with E-state index in [-0.39, 0.29) is 5.84 Å². The number of halogens is 3. The highest BCUT2D eigenvalue weighted by atomic mass is 19.4. The molecule has 9 heteroatoms. The average molecular weight is 374 g/mol. The minimum absolute atomic E-state index is 0.0714. The van der Waals surface area contributed by atoms with E-state index in [9.17, 15) is 13.2 Å². The second-order valence-electron chi connectivity index (χ2n) is 6.46. The van der Waals surface area contributed by atoms with E-state index in [0.29, 0.717) is 16.9 Å². The number of H-pyrrole nitrogens is 1. The second-order valence-corrected chi connectivity index (χ2v) is 6.46. The fourth-order valence-electron chi connectivity index (χ4n) is 3.05. The van der Waals surface area contributed by atoms with Gasteiger partial charge in [-0.05, 0) is 25.1 Å². The molecule has 0 aliphatic carbocycles. The van der Waals surface area contributed by atoms with Gasteiger partial charge < -0.3 is 15.6 Å². The number of aromatic amines is 1. The normalized spacial score (nSPS) is 21.0. The summed E-state index contributed by atoms with van der Waals surface area (Å²) in [5, 5.41) is 6.95. The highest BCUT2D eigenvalue weighted by Gasteiger charge is 2.36. The molecule has 0 saturated carbocycles. The Bertz CT molecular complexity index is 1040. The van der Waals surface area contributed by atoms with Crippen LogP contribution in [0.4, 0.5) is 19.0 Å². The van der Waals surface area contributed by atoms with Crippen molar-refractivity contribution in [3.63, 3.8) is 0 Å². The first-order valence-corrected chi connectivity index (χ1v) is 8.26. The number of aryl methyl sites for hydroxylation is 1. The van der Waals surface area contributed by atoms with Gasteiger partial charge in [-0.1, -0.05) is 18.2 Å². The first-order valence-electron chi connectivity index (χ1n) is 8.26. The molecule has 1 aliphatic heterocycles. The van der Waals surface area contributed by atoms with Crippen LogP contribution in [0.2, 0.25) is 0 Å². The molecule has 4 rings (SSSR count). The summed E-state index contributed by atoms with van der Waals surface area (Å²) >= 11 is 0. The van der Waals surface area contributed by atoms with E-state index in [1.54, 1.807) is 24.4 Å². The quantitative estimate of drug-likeness (QED) is 0.555.